The van der Waals surface area contributed by atoms with Crippen LogP contribution in [0.1, 0.15) is 31.8 Å². The van der Waals surface area contributed by atoms with Gasteiger partial charge in [-0.25, -0.2) is 28.0 Å². The second-order valence-corrected chi connectivity index (χ2v) is 15.7. The van der Waals surface area contributed by atoms with Crippen LogP contribution in [-0.4, -0.2) is 158 Å². The molecule has 4 aromatic rings. The largest absolute Gasteiger partial charge is 0.497 e. The van der Waals surface area contributed by atoms with Crippen molar-refractivity contribution < 1.29 is 61.2 Å². The topological polar surface area (TPSA) is 169 Å². The fraction of sp³-hybridized carbons (Fsp3) is 0.396. The number of rotatable bonds is 11. The SMILES string of the molecule is COC(=O)c1ccc(CN(C(=O)N2CCN(C3COC3)CC2)c2cccc(OC)c2)c(F)c1.COC(=O)c1ccc(CN(C(=O)N2CCNCC2)c2cccc(OC)c2)c(F)c1.Cl.O=C1COC1. The molecule has 0 unspecified atom stereocenters. The number of Topliss-reactive ketones (excluding diaryl/α,β-unsaturated/α-hetero) is 1. The molecule has 0 saturated carbocycles. The van der Waals surface area contributed by atoms with Crippen LogP contribution in [0.25, 0.3) is 0 Å². The predicted octanol–water partition coefficient (Wildman–Crippen LogP) is 5.42. The Labute approximate surface area is 400 Å². The smallest absolute Gasteiger partial charge is 0.337 e. The Balaban J connectivity index is 0.000000228. The van der Waals surface area contributed by atoms with E-state index in [2.05, 4.69) is 24.4 Å². The Morgan fingerprint density at radius 3 is 1.43 bits per heavy atom. The van der Waals surface area contributed by atoms with Crippen molar-refractivity contribution in [1.29, 1.82) is 0 Å². The van der Waals surface area contributed by atoms with Crippen LogP contribution >= 0.6 is 12.4 Å². The number of nitrogens with zero attached hydrogens (tertiary/aromatic N) is 5. The van der Waals surface area contributed by atoms with E-state index in [1.54, 1.807) is 77.5 Å². The average molecular weight is 967 g/mol. The van der Waals surface area contributed by atoms with Crippen LogP contribution < -0.4 is 24.6 Å². The molecule has 68 heavy (non-hydrogen) atoms. The summed E-state index contributed by atoms with van der Waals surface area (Å²) in [5.41, 5.74) is 2.03. The van der Waals surface area contributed by atoms with Gasteiger partial charge in [0, 0.05) is 87.0 Å². The van der Waals surface area contributed by atoms with Crippen molar-refractivity contribution in [3.63, 3.8) is 0 Å². The Hall–Kier alpha value is -6.38. The van der Waals surface area contributed by atoms with Gasteiger partial charge in [-0.3, -0.25) is 19.5 Å². The van der Waals surface area contributed by atoms with Gasteiger partial charge in [0.2, 0.25) is 0 Å². The zero-order valence-corrected chi connectivity index (χ0v) is 39.3. The number of amides is 4. The summed E-state index contributed by atoms with van der Waals surface area (Å²) in [7, 11) is 5.59. The Bertz CT molecular complexity index is 2360. The molecule has 0 aromatic heterocycles. The van der Waals surface area contributed by atoms with Gasteiger partial charge < -0.3 is 43.5 Å². The normalized spacial score (nSPS) is 15.6. The summed E-state index contributed by atoms with van der Waals surface area (Å²) in [6, 6.07) is 22.5. The number of carbonyl (C=O) groups is 5. The highest BCUT2D eigenvalue weighted by Gasteiger charge is 2.33. The predicted molar refractivity (Wildman–Crippen MR) is 250 cm³/mol. The van der Waals surface area contributed by atoms with Crippen LogP contribution in [0.3, 0.4) is 0 Å². The summed E-state index contributed by atoms with van der Waals surface area (Å²) in [5, 5.41) is 3.21. The first kappa shape index (κ1) is 52.6. The van der Waals surface area contributed by atoms with Crippen LogP contribution in [0.15, 0.2) is 84.9 Å². The fourth-order valence-electron chi connectivity index (χ4n) is 7.37. The van der Waals surface area contributed by atoms with Gasteiger partial charge in [0.25, 0.3) is 0 Å². The highest BCUT2D eigenvalue weighted by atomic mass is 35.5. The van der Waals surface area contributed by atoms with Gasteiger partial charge >= 0.3 is 24.0 Å². The number of hydrogen-bond donors (Lipinski definition) is 1. The lowest BCUT2D eigenvalue weighted by molar-refractivity contribution is -0.140. The van der Waals surface area contributed by atoms with Crippen LogP contribution in [-0.2, 0) is 36.8 Å². The summed E-state index contributed by atoms with van der Waals surface area (Å²) >= 11 is 0. The lowest BCUT2D eigenvalue weighted by Gasteiger charge is -2.43. The van der Waals surface area contributed by atoms with Gasteiger partial charge in [-0.1, -0.05) is 24.3 Å². The van der Waals surface area contributed by atoms with Gasteiger partial charge in [-0.15, -0.1) is 12.4 Å². The highest BCUT2D eigenvalue weighted by Crippen LogP contribution is 2.28. The molecule has 0 spiro atoms. The van der Waals surface area contributed by atoms with Crippen molar-refractivity contribution in [2.24, 2.45) is 0 Å². The summed E-state index contributed by atoms with van der Waals surface area (Å²) in [5.74, 6) is -0.969. The monoisotopic (exact) mass is 966 g/mol. The summed E-state index contributed by atoms with van der Waals surface area (Å²) in [4.78, 5) is 68.8. The first-order chi connectivity index (χ1) is 32.4. The number of piperazine rings is 2. The lowest BCUT2D eigenvalue weighted by atomic mass is 10.1. The molecule has 4 heterocycles. The number of nitrogens with one attached hydrogen (secondary N) is 1. The van der Waals surface area contributed by atoms with Gasteiger partial charge in [0.15, 0.2) is 5.78 Å². The van der Waals surface area contributed by atoms with Crippen LogP contribution in [0.5, 0.6) is 11.5 Å². The quantitative estimate of drug-likeness (QED) is 0.189. The van der Waals surface area contributed by atoms with E-state index in [1.165, 1.54) is 43.4 Å². The van der Waals surface area contributed by atoms with E-state index in [1.807, 2.05) is 0 Å². The zero-order chi connectivity index (χ0) is 47.9. The van der Waals surface area contributed by atoms with E-state index in [0.29, 0.717) is 92.5 Å². The molecule has 8 rings (SSSR count). The molecular formula is C48H57ClF2N6O11. The van der Waals surface area contributed by atoms with E-state index in [0.717, 1.165) is 38.4 Å². The number of hydrogen-bond acceptors (Lipinski definition) is 13. The number of anilines is 2. The number of carbonyl (C=O) groups excluding carboxylic acids is 5. The van der Waals surface area contributed by atoms with Gasteiger partial charge in [0.1, 0.15) is 36.3 Å². The van der Waals surface area contributed by atoms with E-state index in [-0.39, 0.29) is 54.5 Å². The number of ether oxygens (including phenoxy) is 6. The molecule has 0 radical (unpaired) electrons. The number of benzene rings is 4. The summed E-state index contributed by atoms with van der Waals surface area (Å²) < 4.78 is 59.2. The Morgan fingerprint density at radius 2 is 1.07 bits per heavy atom. The van der Waals surface area contributed by atoms with Crippen molar-refractivity contribution in [2.75, 3.05) is 117 Å². The molecule has 0 bridgehead atoms. The van der Waals surface area contributed by atoms with Crippen molar-refractivity contribution in [3.8, 4) is 11.5 Å². The second kappa shape index (κ2) is 25.7. The van der Waals surface area contributed by atoms with E-state index in [4.69, 9.17) is 14.2 Å². The highest BCUT2D eigenvalue weighted by molar-refractivity contribution is 5.94. The maximum atomic E-state index is 14.9. The minimum Gasteiger partial charge on any atom is -0.497 e. The number of methoxy groups -OCH3 is 4. The lowest BCUT2D eigenvalue weighted by Crippen LogP contribution is -2.59. The van der Waals surface area contributed by atoms with Crippen LogP contribution in [0.4, 0.5) is 29.7 Å². The molecule has 20 heteroatoms. The maximum absolute atomic E-state index is 14.9. The number of halogens is 3. The average Bonchev–Trinajstić information content (AvgIpc) is 3.34. The number of urea groups is 2. The van der Waals surface area contributed by atoms with Crippen LogP contribution in [0.2, 0.25) is 0 Å². The number of ketones is 1. The summed E-state index contributed by atoms with van der Waals surface area (Å²) in [6.07, 6.45) is 0. The van der Waals surface area contributed by atoms with Gasteiger partial charge in [-0.05, 0) is 48.5 Å². The Morgan fingerprint density at radius 1 is 0.632 bits per heavy atom. The zero-order valence-electron chi connectivity index (χ0n) is 38.5. The third kappa shape index (κ3) is 13.9. The van der Waals surface area contributed by atoms with E-state index < -0.39 is 23.6 Å². The second-order valence-electron chi connectivity index (χ2n) is 15.7. The van der Waals surface area contributed by atoms with Crippen LogP contribution in [0, 0.1) is 11.6 Å². The molecule has 4 fully saturated rings. The van der Waals surface area contributed by atoms with Crippen molar-refractivity contribution >= 4 is 53.6 Å². The molecule has 17 nitrogen and oxygen atoms in total. The fourth-order valence-corrected chi connectivity index (χ4v) is 7.37. The molecule has 4 saturated heterocycles. The molecular weight excluding hydrogens is 910 g/mol. The van der Waals surface area contributed by atoms with Crippen molar-refractivity contribution in [3.05, 3.63) is 119 Å². The van der Waals surface area contributed by atoms with Gasteiger partial charge in [0.05, 0.1) is 71.9 Å². The third-order valence-corrected chi connectivity index (χ3v) is 11.4. The van der Waals surface area contributed by atoms with E-state index >= 15 is 0 Å². The van der Waals surface area contributed by atoms with Crippen molar-refractivity contribution in [2.45, 2.75) is 19.1 Å². The van der Waals surface area contributed by atoms with E-state index in [9.17, 15) is 32.8 Å². The minimum atomic E-state index is -0.615. The third-order valence-electron chi connectivity index (χ3n) is 11.4. The molecule has 4 aliphatic heterocycles. The standard InChI is InChI=1S/C24H28FN3O5.C21H24FN3O4.C3H4O2.ClH/c1-31-21-5-3-4-19(13-21)28(14-18-7-6-17(12-22(18)25)23(29)32-2)24(30)27-10-8-26(9-11-27)20-15-33-16-20;1-28-18-5-3-4-17(13-18)25(21(27)24-10-8-23-9-11-24)14-16-7-6-15(12-19(16)22)20(26)29-2;4-3-1-5-2-3;/h3-7,12-13,20H,8-11,14-16H2,1-2H3;3-7,12-13,23H,8-11,14H2,1-2H3;1-2H2;1H. The molecule has 0 atom stereocenters. The van der Waals surface area contributed by atoms with Gasteiger partial charge in [-0.2, -0.15) is 0 Å². The minimum absolute atomic E-state index is 0. The molecule has 4 amide bonds. The molecule has 366 valence electrons. The molecule has 1 N–H and O–H groups in total. The Kier molecular flexibility index (Phi) is 19.9. The molecule has 4 aliphatic rings. The first-order valence-corrected chi connectivity index (χ1v) is 21.7. The summed E-state index contributed by atoms with van der Waals surface area (Å²) in [6.45, 7) is 7.47. The molecule has 0 aliphatic carbocycles. The molecule has 4 aromatic carbocycles. The number of esters is 2. The van der Waals surface area contributed by atoms with Crippen molar-refractivity contribution in [1.82, 2.24) is 20.0 Å². The first-order valence-electron chi connectivity index (χ1n) is 21.7. The maximum Gasteiger partial charge on any atom is 0.337 e.